The van der Waals surface area contributed by atoms with E-state index in [9.17, 15) is 9.59 Å². The van der Waals surface area contributed by atoms with Crippen LogP contribution < -0.4 is 9.47 Å². The van der Waals surface area contributed by atoms with Crippen molar-refractivity contribution in [2.45, 2.75) is 32.2 Å². The summed E-state index contributed by atoms with van der Waals surface area (Å²) in [5, 5.41) is 9.15. The zero-order valence-corrected chi connectivity index (χ0v) is 14.9. The number of hydrogen-bond acceptors (Lipinski definition) is 5. The smallest absolute Gasteiger partial charge is 0.326 e. The van der Waals surface area contributed by atoms with Crippen LogP contribution in [0.5, 0.6) is 11.5 Å². The first-order valence-electron chi connectivity index (χ1n) is 8.39. The third kappa shape index (κ3) is 4.22. The summed E-state index contributed by atoms with van der Waals surface area (Å²) in [5.74, 6) is -0.219. The van der Waals surface area contributed by atoms with Crippen molar-refractivity contribution < 1.29 is 28.9 Å². The number of carboxylic acids is 1. The summed E-state index contributed by atoms with van der Waals surface area (Å²) in [6.45, 7) is 3.66. The SMILES string of the molecule is CCOCCCc1cc(C(=O)N2CCC2C(=O)O)cc(OC)c1OC. The molecule has 7 nitrogen and oxygen atoms in total. The number of benzene rings is 1. The van der Waals surface area contributed by atoms with E-state index < -0.39 is 12.0 Å². The number of methoxy groups -OCH3 is 2. The van der Waals surface area contributed by atoms with Crippen molar-refractivity contribution in [3.05, 3.63) is 23.3 Å². The predicted octanol–water partition coefficient (Wildman–Crippen LogP) is 1.97. The first kappa shape index (κ1) is 19.1. The Kier molecular flexibility index (Phi) is 6.64. The maximum Gasteiger partial charge on any atom is 0.326 e. The molecule has 25 heavy (non-hydrogen) atoms. The molecule has 0 radical (unpaired) electrons. The zero-order chi connectivity index (χ0) is 18.4. The lowest BCUT2D eigenvalue weighted by atomic mass is 9.99. The van der Waals surface area contributed by atoms with Crippen LogP contribution in [-0.4, -0.2) is 61.9 Å². The second-order valence-corrected chi connectivity index (χ2v) is 5.81. The van der Waals surface area contributed by atoms with Crippen LogP contribution in [0.25, 0.3) is 0 Å². The van der Waals surface area contributed by atoms with Crippen molar-refractivity contribution in [3.8, 4) is 11.5 Å². The Morgan fingerprint density at radius 3 is 2.56 bits per heavy atom. The van der Waals surface area contributed by atoms with E-state index in [1.807, 2.05) is 6.92 Å². The minimum Gasteiger partial charge on any atom is -0.493 e. The Hall–Kier alpha value is -2.28. The Morgan fingerprint density at radius 2 is 2.04 bits per heavy atom. The molecule has 1 saturated heterocycles. The third-order valence-corrected chi connectivity index (χ3v) is 4.31. The highest BCUT2D eigenvalue weighted by molar-refractivity contribution is 5.98. The molecule has 1 fully saturated rings. The Balaban J connectivity index is 2.25. The number of aliphatic carboxylic acids is 1. The molecule has 1 aliphatic rings. The maximum atomic E-state index is 12.7. The maximum absolute atomic E-state index is 12.7. The summed E-state index contributed by atoms with van der Waals surface area (Å²) in [6.07, 6.45) is 1.94. The number of nitrogens with zero attached hydrogens (tertiary/aromatic N) is 1. The van der Waals surface area contributed by atoms with Gasteiger partial charge in [0, 0.05) is 25.3 Å². The summed E-state index contributed by atoms with van der Waals surface area (Å²) in [5.41, 5.74) is 1.26. The second-order valence-electron chi connectivity index (χ2n) is 5.81. The Bertz CT molecular complexity index is 630. The standard InChI is InChI=1S/C18H25NO6/c1-4-25-9-5-6-12-10-13(11-15(23-2)16(12)24-3)17(20)19-8-7-14(19)18(21)22/h10-11,14H,4-9H2,1-3H3,(H,21,22). The highest BCUT2D eigenvalue weighted by atomic mass is 16.5. The first-order valence-corrected chi connectivity index (χ1v) is 8.39. The normalized spacial score (nSPS) is 16.3. The first-order chi connectivity index (χ1) is 12.0. The van der Waals surface area contributed by atoms with Gasteiger partial charge >= 0.3 is 5.97 Å². The lowest BCUT2D eigenvalue weighted by molar-refractivity contribution is -0.146. The molecular weight excluding hydrogens is 326 g/mol. The number of aryl methyl sites for hydroxylation is 1. The monoisotopic (exact) mass is 351 g/mol. The molecule has 0 spiro atoms. The number of amides is 1. The summed E-state index contributed by atoms with van der Waals surface area (Å²) in [7, 11) is 3.07. The molecule has 1 atom stereocenters. The van der Waals surface area contributed by atoms with E-state index in [1.165, 1.54) is 12.0 Å². The van der Waals surface area contributed by atoms with Gasteiger partial charge in [-0.15, -0.1) is 0 Å². The molecule has 0 aromatic heterocycles. The highest BCUT2D eigenvalue weighted by Crippen LogP contribution is 2.34. The highest BCUT2D eigenvalue weighted by Gasteiger charge is 2.38. The molecule has 1 aliphatic heterocycles. The quantitative estimate of drug-likeness (QED) is 0.685. The molecule has 1 amide bonds. The molecule has 1 aromatic carbocycles. The summed E-state index contributed by atoms with van der Waals surface area (Å²) >= 11 is 0. The largest absolute Gasteiger partial charge is 0.493 e. The second kappa shape index (κ2) is 8.71. The minimum absolute atomic E-state index is 0.300. The molecule has 1 aromatic rings. The molecular formula is C18H25NO6. The van der Waals surface area contributed by atoms with Crippen LogP contribution in [0.4, 0.5) is 0 Å². The van der Waals surface area contributed by atoms with Crippen molar-refractivity contribution in [1.82, 2.24) is 4.90 Å². The third-order valence-electron chi connectivity index (χ3n) is 4.31. The van der Waals surface area contributed by atoms with Crippen molar-refractivity contribution >= 4 is 11.9 Å². The van der Waals surface area contributed by atoms with Crippen LogP contribution in [0.15, 0.2) is 12.1 Å². The summed E-state index contributed by atoms with van der Waals surface area (Å²) in [4.78, 5) is 25.2. The van der Waals surface area contributed by atoms with Gasteiger partial charge < -0.3 is 24.2 Å². The number of hydrogen-bond donors (Lipinski definition) is 1. The van der Waals surface area contributed by atoms with Crippen LogP contribution in [-0.2, 0) is 16.0 Å². The molecule has 0 aliphatic carbocycles. The summed E-state index contributed by atoms with van der Waals surface area (Å²) in [6, 6.07) is 2.61. The van der Waals surface area contributed by atoms with Crippen molar-refractivity contribution in [1.29, 1.82) is 0 Å². The number of carbonyl (C=O) groups is 2. The van der Waals surface area contributed by atoms with Crippen molar-refractivity contribution in [2.75, 3.05) is 34.0 Å². The van der Waals surface area contributed by atoms with Crippen LogP contribution >= 0.6 is 0 Å². The van der Waals surface area contributed by atoms with E-state index in [-0.39, 0.29) is 5.91 Å². The average Bonchev–Trinajstić information content (AvgIpc) is 2.56. The molecule has 1 N–H and O–H groups in total. The lowest BCUT2D eigenvalue weighted by Gasteiger charge is -2.38. The van der Waals surface area contributed by atoms with Gasteiger partial charge in [-0.05, 0) is 43.9 Å². The molecule has 1 unspecified atom stereocenters. The van der Waals surface area contributed by atoms with Crippen molar-refractivity contribution in [3.63, 3.8) is 0 Å². The van der Waals surface area contributed by atoms with Gasteiger partial charge in [-0.25, -0.2) is 4.79 Å². The van der Waals surface area contributed by atoms with Gasteiger partial charge in [-0.1, -0.05) is 0 Å². The number of likely N-dealkylation sites (tertiary alicyclic amines) is 1. The van der Waals surface area contributed by atoms with E-state index in [0.29, 0.717) is 49.7 Å². The molecule has 7 heteroatoms. The topological polar surface area (TPSA) is 85.3 Å². The number of carboxylic acid groups (broad SMARTS) is 1. The number of rotatable bonds is 9. The van der Waals surface area contributed by atoms with Gasteiger partial charge in [-0.2, -0.15) is 0 Å². The van der Waals surface area contributed by atoms with Crippen LogP contribution in [0.3, 0.4) is 0 Å². The fourth-order valence-corrected chi connectivity index (χ4v) is 2.91. The summed E-state index contributed by atoms with van der Waals surface area (Å²) < 4.78 is 16.1. The van der Waals surface area contributed by atoms with E-state index in [1.54, 1.807) is 19.2 Å². The fourth-order valence-electron chi connectivity index (χ4n) is 2.91. The molecule has 0 saturated carbocycles. The minimum atomic E-state index is -0.975. The molecule has 0 bridgehead atoms. The van der Waals surface area contributed by atoms with Gasteiger partial charge in [0.2, 0.25) is 0 Å². The van der Waals surface area contributed by atoms with E-state index in [0.717, 1.165) is 12.0 Å². The van der Waals surface area contributed by atoms with Crippen LogP contribution in [0, 0.1) is 0 Å². The predicted molar refractivity (Wildman–Crippen MR) is 91.4 cm³/mol. The lowest BCUT2D eigenvalue weighted by Crippen LogP contribution is -2.55. The van der Waals surface area contributed by atoms with E-state index >= 15 is 0 Å². The molecule has 1 heterocycles. The Labute approximate surface area is 147 Å². The Morgan fingerprint density at radius 1 is 1.28 bits per heavy atom. The van der Waals surface area contributed by atoms with Crippen LogP contribution in [0.1, 0.15) is 35.7 Å². The average molecular weight is 351 g/mol. The van der Waals surface area contributed by atoms with Gasteiger partial charge in [0.1, 0.15) is 6.04 Å². The van der Waals surface area contributed by atoms with Crippen LogP contribution in [0.2, 0.25) is 0 Å². The van der Waals surface area contributed by atoms with E-state index in [4.69, 9.17) is 19.3 Å². The zero-order valence-electron chi connectivity index (χ0n) is 14.9. The van der Waals surface area contributed by atoms with Gasteiger partial charge in [-0.3, -0.25) is 4.79 Å². The molecule has 2 rings (SSSR count). The molecule has 138 valence electrons. The fraction of sp³-hybridized carbons (Fsp3) is 0.556. The number of ether oxygens (including phenoxy) is 3. The van der Waals surface area contributed by atoms with Gasteiger partial charge in [0.25, 0.3) is 5.91 Å². The van der Waals surface area contributed by atoms with E-state index in [2.05, 4.69) is 0 Å². The number of carbonyl (C=O) groups excluding carboxylic acids is 1. The van der Waals surface area contributed by atoms with Gasteiger partial charge in [0.05, 0.1) is 14.2 Å². The van der Waals surface area contributed by atoms with Gasteiger partial charge in [0.15, 0.2) is 11.5 Å². The van der Waals surface area contributed by atoms with Crippen molar-refractivity contribution in [2.24, 2.45) is 0 Å².